The fraction of sp³-hybridized carbons (Fsp3) is 0.400. The molecule has 15 heavy (non-hydrogen) atoms. The smallest absolute Gasteiger partial charge is 0.232 e. The van der Waals surface area contributed by atoms with Crippen molar-refractivity contribution in [2.24, 2.45) is 0 Å². The van der Waals surface area contributed by atoms with E-state index in [0.717, 1.165) is 6.07 Å². The summed E-state index contributed by atoms with van der Waals surface area (Å²) in [5, 5.41) is 0.527. The van der Waals surface area contributed by atoms with Crippen LogP contribution in [-0.2, 0) is 0 Å². The summed E-state index contributed by atoms with van der Waals surface area (Å²) in [4.78, 5) is 0. The molecular weight excluding hydrogens is 233 g/mol. The molecule has 1 rings (SSSR count). The van der Waals surface area contributed by atoms with Crippen LogP contribution in [-0.4, -0.2) is 15.5 Å². The zero-order valence-electron chi connectivity index (χ0n) is 9.37. The summed E-state index contributed by atoms with van der Waals surface area (Å²) in [6, 6.07) is 3.36. The molecule has 0 heterocycles. The second-order valence-electron chi connectivity index (χ2n) is 4.76. The fourth-order valence-corrected chi connectivity index (χ4v) is 5.43. The van der Waals surface area contributed by atoms with Crippen LogP contribution in [0.15, 0.2) is 18.2 Å². The van der Waals surface area contributed by atoms with Crippen molar-refractivity contribution >= 4 is 20.7 Å². The van der Waals surface area contributed by atoms with E-state index in [1.54, 1.807) is 13.1 Å². The van der Waals surface area contributed by atoms with Crippen molar-refractivity contribution in [3.05, 3.63) is 29.8 Å². The van der Waals surface area contributed by atoms with E-state index in [-0.39, 0.29) is 0 Å². The third-order valence-corrected chi connectivity index (χ3v) is 17.6. The summed E-state index contributed by atoms with van der Waals surface area (Å²) < 4.78 is 40.1. The highest BCUT2D eigenvalue weighted by atomic mass is 29.3. The molecule has 0 nitrogen and oxygen atoms in total. The summed E-state index contributed by atoms with van der Waals surface area (Å²) >= 11 is 0. The highest BCUT2D eigenvalue weighted by molar-refractivity contribution is 7.43. The monoisotopic (exact) mass is 248 g/mol. The van der Waals surface area contributed by atoms with Crippen LogP contribution in [0.5, 0.6) is 0 Å². The van der Waals surface area contributed by atoms with Gasteiger partial charge in [-0.25, -0.2) is 8.78 Å². The molecule has 0 saturated carbocycles. The average molecular weight is 248 g/mol. The van der Waals surface area contributed by atoms with Gasteiger partial charge >= 0.3 is 0 Å². The van der Waals surface area contributed by atoms with E-state index in [2.05, 4.69) is 0 Å². The summed E-state index contributed by atoms with van der Waals surface area (Å²) in [5.74, 6) is -1.24. The summed E-state index contributed by atoms with van der Waals surface area (Å²) in [6.07, 6.45) is 0. The molecule has 0 fully saturated rings. The van der Waals surface area contributed by atoms with Crippen LogP contribution < -0.4 is 5.19 Å². The maximum Gasteiger partial charge on any atom is 0.232 e. The summed E-state index contributed by atoms with van der Waals surface area (Å²) in [7, 11) is -5.22. The van der Waals surface area contributed by atoms with E-state index >= 15 is 0 Å². The molecule has 0 aromatic heterocycles. The van der Waals surface area contributed by atoms with Crippen LogP contribution in [0.1, 0.15) is 0 Å². The average Bonchev–Trinajstić information content (AvgIpc) is 1.99. The lowest BCUT2D eigenvalue weighted by molar-refractivity contribution is 0.585. The van der Waals surface area contributed by atoms with E-state index in [1.165, 1.54) is 12.1 Å². The molecule has 0 atom stereocenters. The zero-order chi connectivity index (χ0) is 11.9. The first-order chi connectivity index (χ1) is 6.64. The highest BCUT2D eigenvalue weighted by Crippen LogP contribution is 2.20. The van der Waals surface area contributed by atoms with Crippen LogP contribution in [0.4, 0.5) is 12.9 Å². The molecule has 0 amide bonds. The SMILES string of the molecule is C[Si](C)(F)[Si](C)(C)c1cc(F)cc(F)c1. The van der Waals surface area contributed by atoms with Gasteiger partial charge < -0.3 is 4.11 Å². The van der Waals surface area contributed by atoms with Crippen molar-refractivity contribution in [2.45, 2.75) is 26.2 Å². The van der Waals surface area contributed by atoms with Gasteiger partial charge in [-0.15, -0.1) is 0 Å². The minimum Gasteiger partial charge on any atom is -0.318 e. The molecule has 5 heteroatoms. The van der Waals surface area contributed by atoms with Gasteiger partial charge in [-0.1, -0.05) is 18.3 Å². The van der Waals surface area contributed by atoms with Gasteiger partial charge in [0.05, 0.1) is 0 Å². The lowest BCUT2D eigenvalue weighted by atomic mass is 10.3. The van der Waals surface area contributed by atoms with Gasteiger partial charge in [0, 0.05) is 6.07 Å². The quantitative estimate of drug-likeness (QED) is 0.557. The number of hydrogen-bond donors (Lipinski definition) is 0. The molecule has 0 N–H and O–H groups in total. The van der Waals surface area contributed by atoms with Crippen molar-refractivity contribution < 1.29 is 12.9 Å². The Kier molecular flexibility index (Phi) is 3.16. The van der Waals surface area contributed by atoms with E-state index in [4.69, 9.17) is 0 Å². The number of halogens is 3. The Morgan fingerprint density at radius 2 is 1.27 bits per heavy atom. The first-order valence-corrected chi connectivity index (χ1v) is 11.7. The molecule has 0 aliphatic carbocycles. The normalized spacial score (nSPS) is 13.0. The van der Waals surface area contributed by atoms with Crippen LogP contribution >= 0.6 is 0 Å². The molecule has 0 aliphatic heterocycles. The molecule has 0 saturated heterocycles. The van der Waals surface area contributed by atoms with Crippen LogP contribution in [0.2, 0.25) is 26.2 Å². The van der Waals surface area contributed by atoms with E-state index in [1.807, 2.05) is 13.1 Å². The Bertz CT molecular complexity index is 349. The predicted octanol–water partition coefficient (Wildman–Crippen LogP) is 3.13. The zero-order valence-corrected chi connectivity index (χ0v) is 11.4. The van der Waals surface area contributed by atoms with Gasteiger partial charge in [-0.3, -0.25) is 0 Å². The largest absolute Gasteiger partial charge is 0.318 e. The van der Waals surface area contributed by atoms with Gasteiger partial charge in [-0.05, 0) is 25.2 Å². The van der Waals surface area contributed by atoms with Crippen molar-refractivity contribution in [3.8, 4) is 0 Å². The molecule has 0 aliphatic rings. The third-order valence-electron chi connectivity index (χ3n) is 3.07. The van der Waals surface area contributed by atoms with E-state index in [0.29, 0.717) is 5.19 Å². The Hall–Kier alpha value is -0.556. The second kappa shape index (κ2) is 3.79. The molecule has 1 aromatic rings. The summed E-state index contributed by atoms with van der Waals surface area (Å²) in [6.45, 7) is 6.85. The fourth-order valence-electron chi connectivity index (χ4n) is 1.26. The highest BCUT2D eigenvalue weighted by Gasteiger charge is 2.44. The van der Waals surface area contributed by atoms with Gasteiger partial charge in [0.1, 0.15) is 19.2 Å². The second-order valence-corrected chi connectivity index (χ2v) is 18.8. The molecule has 0 bridgehead atoms. The van der Waals surface area contributed by atoms with Crippen molar-refractivity contribution in [3.63, 3.8) is 0 Å². The van der Waals surface area contributed by atoms with Crippen LogP contribution in [0.3, 0.4) is 0 Å². The maximum atomic E-state index is 14.1. The lowest BCUT2D eigenvalue weighted by Gasteiger charge is -2.31. The molecular formula is C10H15F3Si2. The Balaban J connectivity index is 3.27. The molecule has 1 aromatic carbocycles. The molecule has 0 radical (unpaired) electrons. The van der Waals surface area contributed by atoms with E-state index < -0.39 is 27.2 Å². The van der Waals surface area contributed by atoms with Crippen molar-refractivity contribution in [2.75, 3.05) is 0 Å². The Morgan fingerprint density at radius 3 is 1.60 bits per heavy atom. The Labute approximate surface area is 90.1 Å². The number of hydrogen-bond acceptors (Lipinski definition) is 0. The van der Waals surface area contributed by atoms with Gasteiger partial charge in [-0.2, -0.15) is 0 Å². The maximum absolute atomic E-state index is 14.1. The minimum atomic E-state index is -2.87. The Morgan fingerprint density at radius 1 is 0.867 bits per heavy atom. The topological polar surface area (TPSA) is 0 Å². The van der Waals surface area contributed by atoms with Gasteiger partial charge in [0.15, 0.2) is 0 Å². The summed E-state index contributed by atoms with van der Waals surface area (Å²) in [5.41, 5.74) is 0. The molecule has 0 unspecified atom stereocenters. The number of benzene rings is 1. The minimum absolute atomic E-state index is 0.527. The predicted molar refractivity (Wildman–Crippen MR) is 62.1 cm³/mol. The molecule has 84 valence electrons. The first kappa shape index (κ1) is 12.5. The van der Waals surface area contributed by atoms with Crippen molar-refractivity contribution in [1.29, 1.82) is 0 Å². The van der Waals surface area contributed by atoms with Crippen LogP contribution in [0.25, 0.3) is 0 Å². The third kappa shape index (κ3) is 2.52. The van der Waals surface area contributed by atoms with Gasteiger partial charge in [0.25, 0.3) is 0 Å². The van der Waals surface area contributed by atoms with Crippen molar-refractivity contribution in [1.82, 2.24) is 0 Å². The lowest BCUT2D eigenvalue weighted by Crippen LogP contribution is -2.60. The first-order valence-electron chi connectivity index (χ1n) is 4.80. The van der Waals surface area contributed by atoms with Crippen LogP contribution in [0, 0.1) is 11.6 Å². The van der Waals surface area contributed by atoms with E-state index in [9.17, 15) is 12.9 Å². The standard InChI is InChI=1S/C10H15F3Si2/c1-14(2,15(3,4)13)10-6-8(11)5-9(12)7-10/h5-7H,1-4H3. The molecule has 0 spiro atoms. The number of rotatable bonds is 2. The van der Waals surface area contributed by atoms with Gasteiger partial charge in [0.2, 0.25) is 7.93 Å².